The lowest BCUT2D eigenvalue weighted by molar-refractivity contribution is -0.129. The Kier molecular flexibility index (Phi) is 10.8. The number of rotatable bonds is 10. The van der Waals surface area contributed by atoms with E-state index in [0.717, 1.165) is 22.4 Å². The minimum atomic E-state index is -1.09. The SMILES string of the molecule is Cc1ccc(CCN(C(=O)C(NC(=O)[C@@H](NC(=O)OC(C)(C)C)c2ccccc2)c2ccccc2)c2ccc(C)c(C)c2)cc1. The van der Waals surface area contributed by atoms with Gasteiger partial charge in [-0.05, 0) is 87.9 Å². The summed E-state index contributed by atoms with van der Waals surface area (Å²) < 4.78 is 5.47. The lowest BCUT2D eigenvalue weighted by Crippen LogP contribution is -2.48. The first-order valence-corrected chi connectivity index (χ1v) is 15.3. The molecule has 0 aliphatic carbocycles. The monoisotopic (exact) mass is 605 g/mol. The molecule has 4 rings (SSSR count). The van der Waals surface area contributed by atoms with Gasteiger partial charge in [0.2, 0.25) is 5.91 Å². The summed E-state index contributed by atoms with van der Waals surface area (Å²) in [5.74, 6) is -0.818. The number of anilines is 1. The van der Waals surface area contributed by atoms with E-state index in [1.54, 1.807) is 49.9 Å². The Labute approximate surface area is 266 Å². The Morgan fingerprint density at radius 3 is 1.84 bits per heavy atom. The number of aryl methyl sites for hydroxylation is 3. The van der Waals surface area contributed by atoms with Crippen LogP contribution in [0.5, 0.6) is 0 Å². The van der Waals surface area contributed by atoms with Crippen LogP contribution < -0.4 is 15.5 Å². The Morgan fingerprint density at radius 2 is 1.29 bits per heavy atom. The molecule has 0 aliphatic rings. The van der Waals surface area contributed by atoms with Gasteiger partial charge in [-0.15, -0.1) is 0 Å². The van der Waals surface area contributed by atoms with Gasteiger partial charge in [-0.1, -0.05) is 96.6 Å². The van der Waals surface area contributed by atoms with Crippen LogP contribution in [0.2, 0.25) is 0 Å². The lowest BCUT2D eigenvalue weighted by atomic mass is 10.0. The molecular weight excluding hydrogens is 562 g/mol. The third-order valence-corrected chi connectivity index (χ3v) is 7.54. The zero-order valence-corrected chi connectivity index (χ0v) is 27.0. The van der Waals surface area contributed by atoms with E-state index in [-0.39, 0.29) is 5.91 Å². The van der Waals surface area contributed by atoms with E-state index < -0.39 is 29.7 Å². The molecular formula is C38H43N3O4. The van der Waals surface area contributed by atoms with Crippen LogP contribution in [0.4, 0.5) is 10.5 Å². The van der Waals surface area contributed by atoms with Crippen LogP contribution in [0.3, 0.4) is 0 Å². The Morgan fingerprint density at radius 1 is 0.711 bits per heavy atom. The van der Waals surface area contributed by atoms with Crippen molar-refractivity contribution < 1.29 is 19.1 Å². The van der Waals surface area contributed by atoms with Crippen LogP contribution in [0.25, 0.3) is 0 Å². The van der Waals surface area contributed by atoms with Crippen LogP contribution in [0, 0.1) is 20.8 Å². The van der Waals surface area contributed by atoms with Gasteiger partial charge in [0.15, 0.2) is 0 Å². The van der Waals surface area contributed by atoms with Gasteiger partial charge in [-0.25, -0.2) is 4.79 Å². The number of alkyl carbamates (subject to hydrolysis) is 1. The zero-order valence-electron chi connectivity index (χ0n) is 27.0. The fourth-order valence-corrected chi connectivity index (χ4v) is 4.94. The number of hydrogen-bond donors (Lipinski definition) is 2. The van der Waals surface area contributed by atoms with Gasteiger partial charge in [0.05, 0.1) is 0 Å². The normalized spacial score (nSPS) is 12.5. The van der Waals surface area contributed by atoms with Crippen LogP contribution in [0.15, 0.2) is 103 Å². The largest absolute Gasteiger partial charge is 0.444 e. The summed E-state index contributed by atoms with van der Waals surface area (Å²) in [5.41, 5.74) is 5.64. The summed E-state index contributed by atoms with van der Waals surface area (Å²) >= 11 is 0. The summed E-state index contributed by atoms with van der Waals surface area (Å²) in [6.45, 7) is 11.8. The molecule has 45 heavy (non-hydrogen) atoms. The maximum absolute atomic E-state index is 14.6. The molecule has 0 bridgehead atoms. The fourth-order valence-electron chi connectivity index (χ4n) is 4.94. The van der Waals surface area contributed by atoms with E-state index in [0.29, 0.717) is 24.1 Å². The predicted octanol–water partition coefficient (Wildman–Crippen LogP) is 7.31. The second kappa shape index (κ2) is 14.7. The number of amides is 3. The predicted molar refractivity (Wildman–Crippen MR) is 179 cm³/mol. The molecule has 0 spiro atoms. The number of hydrogen-bond acceptors (Lipinski definition) is 4. The molecule has 2 atom stereocenters. The van der Waals surface area contributed by atoms with E-state index >= 15 is 0 Å². The molecule has 3 amide bonds. The molecule has 7 heteroatoms. The van der Waals surface area contributed by atoms with Crippen molar-refractivity contribution >= 4 is 23.6 Å². The van der Waals surface area contributed by atoms with Gasteiger partial charge in [0.25, 0.3) is 5.91 Å². The van der Waals surface area contributed by atoms with Gasteiger partial charge in [-0.2, -0.15) is 0 Å². The summed E-state index contributed by atoms with van der Waals surface area (Å²) in [6.07, 6.45) is -0.106. The second-order valence-electron chi connectivity index (χ2n) is 12.3. The average Bonchev–Trinajstić information content (AvgIpc) is 3.01. The standard InChI is InChI=1S/C38H43N3O4/c1-26-17-20-29(21-18-26)23-24-41(32-22-19-27(2)28(3)25-32)36(43)34(31-15-11-8-12-16-31)39-35(42)33(30-13-9-7-10-14-30)40-37(44)45-38(4,5)6/h7-22,25,33-34H,23-24H2,1-6H3,(H,39,42)(H,40,44)/t33-,34?/m0/s1. The van der Waals surface area contributed by atoms with Crippen LogP contribution in [0.1, 0.15) is 66.2 Å². The zero-order chi connectivity index (χ0) is 32.6. The summed E-state index contributed by atoms with van der Waals surface area (Å²) in [7, 11) is 0. The van der Waals surface area contributed by atoms with Gasteiger partial charge in [0, 0.05) is 12.2 Å². The van der Waals surface area contributed by atoms with Crippen molar-refractivity contribution in [1.29, 1.82) is 0 Å². The summed E-state index contributed by atoms with van der Waals surface area (Å²) in [5, 5.41) is 5.69. The Bertz CT molecular complexity index is 1600. The van der Waals surface area contributed by atoms with Gasteiger partial charge in [0.1, 0.15) is 17.7 Å². The maximum atomic E-state index is 14.6. The highest BCUT2D eigenvalue weighted by molar-refractivity contribution is 6.01. The molecule has 2 N–H and O–H groups in total. The highest BCUT2D eigenvalue weighted by atomic mass is 16.6. The first-order chi connectivity index (χ1) is 21.4. The molecule has 0 saturated heterocycles. The quantitative estimate of drug-likeness (QED) is 0.198. The third kappa shape index (κ3) is 9.29. The minimum absolute atomic E-state index is 0.283. The molecule has 0 radical (unpaired) electrons. The molecule has 1 unspecified atom stereocenters. The van der Waals surface area contributed by atoms with Crippen molar-refractivity contribution in [2.45, 2.75) is 65.6 Å². The molecule has 0 heterocycles. The topological polar surface area (TPSA) is 87.7 Å². The number of nitrogens with zero attached hydrogens (tertiary/aromatic N) is 1. The van der Waals surface area contributed by atoms with E-state index in [1.807, 2.05) is 75.4 Å². The first kappa shape index (κ1) is 33.0. The fraction of sp³-hybridized carbons (Fsp3) is 0.289. The highest BCUT2D eigenvalue weighted by Gasteiger charge is 2.33. The number of carbonyl (C=O) groups is 3. The van der Waals surface area contributed by atoms with Crippen molar-refractivity contribution in [1.82, 2.24) is 10.6 Å². The Hall–Kier alpha value is -4.91. The van der Waals surface area contributed by atoms with Crippen molar-refractivity contribution in [2.24, 2.45) is 0 Å². The maximum Gasteiger partial charge on any atom is 0.408 e. The van der Waals surface area contributed by atoms with Crippen molar-refractivity contribution in [2.75, 3.05) is 11.4 Å². The van der Waals surface area contributed by atoms with E-state index in [4.69, 9.17) is 4.74 Å². The molecule has 234 valence electrons. The number of nitrogens with one attached hydrogen (secondary N) is 2. The Balaban J connectivity index is 1.70. The first-order valence-electron chi connectivity index (χ1n) is 15.3. The van der Waals surface area contributed by atoms with E-state index in [2.05, 4.69) is 34.9 Å². The number of ether oxygens (including phenoxy) is 1. The minimum Gasteiger partial charge on any atom is -0.444 e. The van der Waals surface area contributed by atoms with Crippen LogP contribution in [-0.2, 0) is 20.7 Å². The third-order valence-electron chi connectivity index (χ3n) is 7.54. The summed E-state index contributed by atoms with van der Waals surface area (Å²) in [4.78, 5) is 43.3. The molecule has 7 nitrogen and oxygen atoms in total. The van der Waals surface area contributed by atoms with E-state index in [9.17, 15) is 14.4 Å². The highest BCUT2D eigenvalue weighted by Crippen LogP contribution is 2.26. The molecule has 0 saturated carbocycles. The molecule has 0 aromatic heterocycles. The molecule has 4 aromatic rings. The molecule has 0 fully saturated rings. The smallest absolute Gasteiger partial charge is 0.408 e. The van der Waals surface area contributed by atoms with Gasteiger partial charge < -0.3 is 20.3 Å². The summed E-state index contributed by atoms with van der Waals surface area (Å²) in [6, 6.07) is 30.2. The van der Waals surface area contributed by atoms with Crippen LogP contribution >= 0.6 is 0 Å². The number of benzene rings is 4. The number of carbonyl (C=O) groups excluding carboxylic acids is 3. The molecule has 4 aromatic carbocycles. The average molecular weight is 606 g/mol. The van der Waals surface area contributed by atoms with E-state index in [1.165, 1.54) is 5.56 Å². The second-order valence-corrected chi connectivity index (χ2v) is 12.3. The lowest BCUT2D eigenvalue weighted by Gasteiger charge is -2.30. The molecule has 0 aliphatic heterocycles. The van der Waals surface area contributed by atoms with Crippen molar-refractivity contribution in [3.63, 3.8) is 0 Å². The van der Waals surface area contributed by atoms with Gasteiger partial charge in [-0.3, -0.25) is 9.59 Å². The van der Waals surface area contributed by atoms with Crippen molar-refractivity contribution in [3.8, 4) is 0 Å². The van der Waals surface area contributed by atoms with Crippen molar-refractivity contribution in [3.05, 3.63) is 137 Å². The van der Waals surface area contributed by atoms with Crippen LogP contribution in [-0.4, -0.2) is 30.1 Å². The van der Waals surface area contributed by atoms with Gasteiger partial charge >= 0.3 is 6.09 Å².